The summed E-state index contributed by atoms with van der Waals surface area (Å²) < 4.78 is 2.51. The van der Waals surface area contributed by atoms with Crippen molar-refractivity contribution in [1.29, 1.82) is 0 Å². The van der Waals surface area contributed by atoms with Crippen LogP contribution in [0.4, 0.5) is 0 Å². The minimum atomic E-state index is -0.0226. The second-order valence-electron chi connectivity index (χ2n) is 4.77. The van der Waals surface area contributed by atoms with Crippen LogP contribution < -0.4 is 0 Å². The van der Waals surface area contributed by atoms with Crippen molar-refractivity contribution in [3.8, 4) is 0 Å². The molecule has 0 spiro atoms. The molecule has 1 aromatic rings. The van der Waals surface area contributed by atoms with Crippen LogP contribution in [0.5, 0.6) is 0 Å². The quantitative estimate of drug-likeness (QED) is 0.861. The standard InChI is InChI=1S/C12H20BrN3O/c1-7(2)16(8(3)4)12(17)11-10(13)9(5)15(6)14-11/h7-8H,1-6H3. The van der Waals surface area contributed by atoms with Gasteiger partial charge in [0.25, 0.3) is 5.91 Å². The molecule has 5 heteroatoms. The summed E-state index contributed by atoms with van der Waals surface area (Å²) in [5, 5.41) is 4.27. The van der Waals surface area contributed by atoms with Gasteiger partial charge in [-0.3, -0.25) is 9.48 Å². The third-order valence-electron chi connectivity index (χ3n) is 2.81. The molecule has 0 N–H and O–H groups in total. The van der Waals surface area contributed by atoms with Gasteiger partial charge >= 0.3 is 0 Å². The highest BCUT2D eigenvalue weighted by Gasteiger charge is 2.26. The lowest BCUT2D eigenvalue weighted by Gasteiger charge is -2.30. The van der Waals surface area contributed by atoms with Gasteiger partial charge in [0.2, 0.25) is 0 Å². The Morgan fingerprint density at radius 3 is 2.06 bits per heavy atom. The average Bonchev–Trinajstić information content (AvgIpc) is 2.44. The fraction of sp³-hybridized carbons (Fsp3) is 0.667. The van der Waals surface area contributed by atoms with E-state index in [0.717, 1.165) is 10.2 Å². The second-order valence-corrected chi connectivity index (χ2v) is 5.56. The highest BCUT2D eigenvalue weighted by atomic mass is 79.9. The van der Waals surface area contributed by atoms with Crippen molar-refractivity contribution in [2.75, 3.05) is 0 Å². The van der Waals surface area contributed by atoms with Gasteiger partial charge in [-0.15, -0.1) is 0 Å². The lowest BCUT2D eigenvalue weighted by atomic mass is 10.2. The van der Waals surface area contributed by atoms with E-state index in [0.29, 0.717) is 5.69 Å². The Bertz CT molecular complexity index is 416. The first kappa shape index (κ1) is 14.2. The van der Waals surface area contributed by atoms with E-state index in [4.69, 9.17) is 0 Å². The average molecular weight is 302 g/mol. The van der Waals surface area contributed by atoms with E-state index in [1.54, 1.807) is 4.68 Å². The van der Waals surface area contributed by atoms with Gasteiger partial charge in [-0.05, 0) is 50.5 Å². The van der Waals surface area contributed by atoms with E-state index < -0.39 is 0 Å². The van der Waals surface area contributed by atoms with Gasteiger partial charge in [0.1, 0.15) is 0 Å². The van der Waals surface area contributed by atoms with Crippen molar-refractivity contribution in [3.05, 3.63) is 15.9 Å². The topological polar surface area (TPSA) is 38.1 Å². The number of nitrogens with zero attached hydrogens (tertiary/aromatic N) is 3. The first-order valence-electron chi connectivity index (χ1n) is 5.79. The molecular weight excluding hydrogens is 282 g/mol. The van der Waals surface area contributed by atoms with Crippen LogP contribution in [0.3, 0.4) is 0 Å². The number of carbonyl (C=O) groups excluding carboxylic acids is 1. The molecule has 0 saturated heterocycles. The molecular formula is C12H20BrN3O. The highest BCUT2D eigenvalue weighted by Crippen LogP contribution is 2.23. The Labute approximate surface area is 111 Å². The van der Waals surface area contributed by atoms with E-state index in [2.05, 4.69) is 21.0 Å². The molecule has 4 nitrogen and oxygen atoms in total. The van der Waals surface area contributed by atoms with Crippen LogP contribution >= 0.6 is 15.9 Å². The number of halogens is 1. The molecule has 0 fully saturated rings. The molecule has 0 aromatic carbocycles. The number of hydrogen-bond donors (Lipinski definition) is 0. The number of rotatable bonds is 3. The lowest BCUT2D eigenvalue weighted by molar-refractivity contribution is 0.0636. The van der Waals surface area contributed by atoms with E-state index in [1.165, 1.54) is 0 Å². The summed E-state index contributed by atoms with van der Waals surface area (Å²) in [6, 6.07) is 0.327. The first-order valence-corrected chi connectivity index (χ1v) is 6.58. The van der Waals surface area contributed by atoms with Crippen LogP contribution in [0.2, 0.25) is 0 Å². The van der Waals surface area contributed by atoms with Gasteiger partial charge in [-0.2, -0.15) is 5.10 Å². The van der Waals surface area contributed by atoms with Crippen molar-refractivity contribution in [2.24, 2.45) is 7.05 Å². The lowest BCUT2D eigenvalue weighted by Crippen LogP contribution is -2.42. The zero-order valence-corrected chi connectivity index (χ0v) is 12.9. The zero-order valence-electron chi connectivity index (χ0n) is 11.3. The minimum absolute atomic E-state index is 0.0226. The van der Waals surface area contributed by atoms with Gasteiger partial charge in [0.15, 0.2) is 5.69 Å². The van der Waals surface area contributed by atoms with Crippen LogP contribution in [0.15, 0.2) is 4.47 Å². The van der Waals surface area contributed by atoms with Gasteiger partial charge in [-0.25, -0.2) is 0 Å². The predicted octanol–water partition coefficient (Wildman–Crippen LogP) is 2.75. The predicted molar refractivity (Wildman–Crippen MR) is 72.1 cm³/mol. The normalized spacial score (nSPS) is 11.4. The maximum absolute atomic E-state index is 12.4. The van der Waals surface area contributed by atoms with E-state index in [-0.39, 0.29) is 18.0 Å². The SMILES string of the molecule is Cc1c(Br)c(C(=O)N(C(C)C)C(C)C)nn1C. The number of carbonyl (C=O) groups is 1. The molecule has 1 aromatic heterocycles. The molecule has 0 aliphatic rings. The summed E-state index contributed by atoms with van der Waals surface area (Å²) >= 11 is 3.44. The van der Waals surface area contributed by atoms with E-state index in [1.807, 2.05) is 46.6 Å². The molecule has 0 aliphatic heterocycles. The third kappa shape index (κ3) is 2.70. The smallest absolute Gasteiger partial charge is 0.276 e. The van der Waals surface area contributed by atoms with Gasteiger partial charge in [0.05, 0.1) is 10.2 Å². The van der Waals surface area contributed by atoms with Crippen LogP contribution in [0, 0.1) is 6.92 Å². The molecule has 0 atom stereocenters. The highest BCUT2D eigenvalue weighted by molar-refractivity contribution is 9.10. The zero-order chi connectivity index (χ0) is 13.3. The minimum Gasteiger partial charge on any atom is -0.332 e. The monoisotopic (exact) mass is 301 g/mol. The number of aryl methyl sites for hydroxylation is 1. The Morgan fingerprint density at radius 2 is 1.76 bits per heavy atom. The fourth-order valence-electron chi connectivity index (χ4n) is 1.91. The summed E-state index contributed by atoms with van der Waals surface area (Å²) in [5.41, 5.74) is 1.45. The summed E-state index contributed by atoms with van der Waals surface area (Å²) in [6.07, 6.45) is 0. The first-order chi connectivity index (χ1) is 7.77. The van der Waals surface area contributed by atoms with Crippen molar-refractivity contribution < 1.29 is 4.79 Å². The van der Waals surface area contributed by atoms with Crippen LogP contribution in [0.25, 0.3) is 0 Å². The Morgan fingerprint density at radius 1 is 1.29 bits per heavy atom. The van der Waals surface area contributed by atoms with Crippen molar-refractivity contribution in [2.45, 2.75) is 46.7 Å². The molecule has 0 aliphatic carbocycles. The van der Waals surface area contributed by atoms with Crippen molar-refractivity contribution in [1.82, 2.24) is 14.7 Å². The Hall–Kier alpha value is -0.840. The molecule has 0 radical (unpaired) electrons. The number of amides is 1. The summed E-state index contributed by atoms with van der Waals surface area (Å²) in [4.78, 5) is 14.3. The van der Waals surface area contributed by atoms with Crippen LogP contribution in [-0.2, 0) is 7.05 Å². The maximum atomic E-state index is 12.4. The largest absolute Gasteiger partial charge is 0.332 e. The van der Waals surface area contributed by atoms with Gasteiger partial charge < -0.3 is 4.90 Å². The summed E-state index contributed by atoms with van der Waals surface area (Å²) in [5.74, 6) is -0.0226. The maximum Gasteiger partial charge on any atom is 0.276 e. The Balaban J connectivity index is 3.14. The molecule has 1 amide bonds. The summed E-state index contributed by atoms with van der Waals surface area (Å²) in [6.45, 7) is 10.00. The number of aromatic nitrogens is 2. The molecule has 0 unspecified atom stereocenters. The molecule has 17 heavy (non-hydrogen) atoms. The molecule has 0 bridgehead atoms. The van der Waals surface area contributed by atoms with Crippen LogP contribution in [-0.4, -0.2) is 32.7 Å². The molecule has 96 valence electrons. The number of hydrogen-bond acceptors (Lipinski definition) is 2. The van der Waals surface area contributed by atoms with Crippen LogP contribution in [0.1, 0.15) is 43.9 Å². The second kappa shape index (κ2) is 5.21. The van der Waals surface area contributed by atoms with E-state index >= 15 is 0 Å². The molecule has 1 heterocycles. The fourth-order valence-corrected chi connectivity index (χ4v) is 2.41. The Kier molecular flexibility index (Phi) is 4.36. The molecule has 0 saturated carbocycles. The third-order valence-corrected chi connectivity index (χ3v) is 3.76. The summed E-state index contributed by atoms with van der Waals surface area (Å²) in [7, 11) is 1.84. The van der Waals surface area contributed by atoms with Crippen molar-refractivity contribution in [3.63, 3.8) is 0 Å². The van der Waals surface area contributed by atoms with E-state index in [9.17, 15) is 4.79 Å². The van der Waals surface area contributed by atoms with Gasteiger partial charge in [-0.1, -0.05) is 0 Å². The van der Waals surface area contributed by atoms with Gasteiger partial charge in [0, 0.05) is 19.1 Å². The van der Waals surface area contributed by atoms with Crippen molar-refractivity contribution >= 4 is 21.8 Å². The molecule has 1 rings (SSSR count).